The van der Waals surface area contributed by atoms with Crippen molar-refractivity contribution >= 4 is 0 Å². The van der Waals surface area contributed by atoms with Crippen LogP contribution in [-0.4, -0.2) is 11.7 Å². The molecule has 0 N–H and O–H groups in total. The van der Waals surface area contributed by atoms with Crippen LogP contribution in [0, 0.1) is 5.92 Å². The second-order valence-corrected chi connectivity index (χ2v) is 3.14. The molecule has 2 nitrogen and oxygen atoms in total. The first kappa shape index (κ1) is 8.18. The standard InChI is InChI=1S/C9H15NO/c1-8(2)6-10-5-4-9(7-10)11-3/h4-5,7-8H,6H2,1-3H3. The van der Waals surface area contributed by atoms with Crippen molar-refractivity contribution in [2.45, 2.75) is 20.4 Å². The molecular formula is C9H15NO. The van der Waals surface area contributed by atoms with E-state index in [1.165, 1.54) is 0 Å². The Bertz CT molecular complexity index is 215. The first-order chi connectivity index (χ1) is 5.22. The number of rotatable bonds is 3. The number of methoxy groups -OCH3 is 1. The molecule has 1 rings (SSSR count). The summed E-state index contributed by atoms with van der Waals surface area (Å²) in [6, 6.07) is 1.97. The van der Waals surface area contributed by atoms with Crippen molar-refractivity contribution in [1.82, 2.24) is 4.57 Å². The average molecular weight is 153 g/mol. The molecule has 0 fully saturated rings. The van der Waals surface area contributed by atoms with E-state index >= 15 is 0 Å². The van der Waals surface area contributed by atoms with Crippen molar-refractivity contribution < 1.29 is 4.74 Å². The Labute approximate surface area is 67.8 Å². The number of aromatic nitrogens is 1. The summed E-state index contributed by atoms with van der Waals surface area (Å²) in [5.41, 5.74) is 0. The van der Waals surface area contributed by atoms with E-state index in [1.807, 2.05) is 18.5 Å². The molecule has 1 aromatic heterocycles. The summed E-state index contributed by atoms with van der Waals surface area (Å²) in [6.07, 6.45) is 4.05. The van der Waals surface area contributed by atoms with Gasteiger partial charge in [0.2, 0.25) is 0 Å². The van der Waals surface area contributed by atoms with Crippen LogP contribution >= 0.6 is 0 Å². The molecular weight excluding hydrogens is 138 g/mol. The average Bonchev–Trinajstić information content (AvgIpc) is 2.34. The van der Waals surface area contributed by atoms with Crippen LogP contribution in [0.3, 0.4) is 0 Å². The lowest BCUT2D eigenvalue weighted by Crippen LogP contribution is -2.00. The van der Waals surface area contributed by atoms with Crippen LogP contribution in [0.2, 0.25) is 0 Å². The smallest absolute Gasteiger partial charge is 0.136 e. The highest BCUT2D eigenvalue weighted by Crippen LogP contribution is 2.11. The second kappa shape index (κ2) is 3.46. The van der Waals surface area contributed by atoms with E-state index in [9.17, 15) is 0 Å². The lowest BCUT2D eigenvalue weighted by atomic mass is 10.2. The highest BCUT2D eigenvalue weighted by Gasteiger charge is 1.97. The molecule has 2 heteroatoms. The molecule has 0 aliphatic carbocycles. The minimum absolute atomic E-state index is 0.687. The predicted molar refractivity (Wildman–Crippen MR) is 45.8 cm³/mol. The number of nitrogens with zero attached hydrogens (tertiary/aromatic N) is 1. The third-order valence-corrected chi connectivity index (χ3v) is 1.54. The van der Waals surface area contributed by atoms with Gasteiger partial charge in [0.05, 0.1) is 7.11 Å². The fraction of sp³-hybridized carbons (Fsp3) is 0.556. The van der Waals surface area contributed by atoms with Crippen LogP contribution in [0.1, 0.15) is 13.8 Å². The predicted octanol–water partition coefficient (Wildman–Crippen LogP) is 2.15. The maximum Gasteiger partial charge on any atom is 0.136 e. The summed E-state index contributed by atoms with van der Waals surface area (Å²) in [4.78, 5) is 0. The molecule has 0 saturated heterocycles. The van der Waals surface area contributed by atoms with Crippen molar-refractivity contribution in [3.63, 3.8) is 0 Å². The molecule has 0 amide bonds. The quantitative estimate of drug-likeness (QED) is 0.649. The van der Waals surface area contributed by atoms with E-state index < -0.39 is 0 Å². The zero-order valence-corrected chi connectivity index (χ0v) is 7.37. The summed E-state index contributed by atoms with van der Waals surface area (Å²) in [5.74, 6) is 1.62. The number of hydrogen-bond donors (Lipinski definition) is 0. The van der Waals surface area contributed by atoms with Crippen molar-refractivity contribution in [1.29, 1.82) is 0 Å². The van der Waals surface area contributed by atoms with Crippen LogP contribution in [-0.2, 0) is 6.54 Å². The summed E-state index contributed by atoms with van der Waals surface area (Å²) in [5, 5.41) is 0. The molecule has 1 heterocycles. The van der Waals surface area contributed by atoms with E-state index in [-0.39, 0.29) is 0 Å². The summed E-state index contributed by atoms with van der Waals surface area (Å²) in [7, 11) is 1.69. The van der Waals surface area contributed by atoms with Gasteiger partial charge in [-0.3, -0.25) is 0 Å². The highest BCUT2D eigenvalue weighted by atomic mass is 16.5. The normalized spacial score (nSPS) is 10.5. The molecule has 62 valence electrons. The van der Waals surface area contributed by atoms with Gasteiger partial charge in [0.15, 0.2) is 0 Å². The molecule has 0 bridgehead atoms. The van der Waals surface area contributed by atoms with Gasteiger partial charge in [0.25, 0.3) is 0 Å². The van der Waals surface area contributed by atoms with Gasteiger partial charge in [-0.2, -0.15) is 0 Å². The van der Waals surface area contributed by atoms with E-state index in [1.54, 1.807) is 7.11 Å². The molecule has 0 aliphatic heterocycles. The van der Waals surface area contributed by atoms with Gasteiger partial charge in [-0.1, -0.05) is 13.8 Å². The molecule has 11 heavy (non-hydrogen) atoms. The summed E-state index contributed by atoms with van der Waals surface area (Å²) < 4.78 is 7.20. The van der Waals surface area contributed by atoms with Gasteiger partial charge in [-0.15, -0.1) is 0 Å². The maximum atomic E-state index is 5.06. The second-order valence-electron chi connectivity index (χ2n) is 3.14. The first-order valence-electron chi connectivity index (χ1n) is 3.92. The van der Waals surface area contributed by atoms with E-state index in [4.69, 9.17) is 4.74 Å². The SMILES string of the molecule is COc1ccn(CC(C)C)c1. The van der Waals surface area contributed by atoms with Crippen molar-refractivity contribution in [2.75, 3.05) is 7.11 Å². The maximum absolute atomic E-state index is 5.06. The van der Waals surface area contributed by atoms with Gasteiger partial charge in [0, 0.05) is 18.9 Å². The van der Waals surface area contributed by atoms with Gasteiger partial charge in [-0.05, 0) is 12.0 Å². The Morgan fingerprint density at radius 2 is 2.27 bits per heavy atom. The largest absolute Gasteiger partial charge is 0.495 e. The zero-order chi connectivity index (χ0) is 8.27. The van der Waals surface area contributed by atoms with E-state index in [0.717, 1.165) is 12.3 Å². The van der Waals surface area contributed by atoms with Crippen LogP contribution < -0.4 is 4.74 Å². The molecule has 0 atom stereocenters. The topological polar surface area (TPSA) is 14.2 Å². The van der Waals surface area contributed by atoms with E-state index in [0.29, 0.717) is 5.92 Å². The van der Waals surface area contributed by atoms with Crippen molar-refractivity contribution in [2.24, 2.45) is 5.92 Å². The number of hydrogen-bond acceptors (Lipinski definition) is 1. The van der Waals surface area contributed by atoms with Crippen LogP contribution in [0.15, 0.2) is 18.5 Å². The lowest BCUT2D eigenvalue weighted by molar-refractivity contribution is 0.412. The summed E-state index contributed by atoms with van der Waals surface area (Å²) >= 11 is 0. The Balaban J connectivity index is 2.58. The first-order valence-corrected chi connectivity index (χ1v) is 3.92. The van der Waals surface area contributed by atoms with Crippen LogP contribution in [0.25, 0.3) is 0 Å². The number of ether oxygens (including phenoxy) is 1. The molecule has 0 spiro atoms. The monoisotopic (exact) mass is 153 g/mol. The highest BCUT2D eigenvalue weighted by molar-refractivity contribution is 5.17. The van der Waals surface area contributed by atoms with Crippen LogP contribution in [0.4, 0.5) is 0 Å². The van der Waals surface area contributed by atoms with Gasteiger partial charge < -0.3 is 9.30 Å². The molecule has 0 aliphatic rings. The molecule has 0 unspecified atom stereocenters. The fourth-order valence-corrected chi connectivity index (χ4v) is 1.07. The van der Waals surface area contributed by atoms with Gasteiger partial charge in [-0.25, -0.2) is 0 Å². The van der Waals surface area contributed by atoms with Gasteiger partial charge in [0.1, 0.15) is 5.75 Å². The van der Waals surface area contributed by atoms with E-state index in [2.05, 4.69) is 18.4 Å². The van der Waals surface area contributed by atoms with Gasteiger partial charge >= 0.3 is 0 Å². The zero-order valence-electron chi connectivity index (χ0n) is 7.37. The Kier molecular flexibility index (Phi) is 2.58. The third kappa shape index (κ3) is 2.30. The third-order valence-electron chi connectivity index (χ3n) is 1.54. The minimum Gasteiger partial charge on any atom is -0.495 e. The Morgan fingerprint density at radius 1 is 1.55 bits per heavy atom. The Hall–Kier alpha value is -0.920. The van der Waals surface area contributed by atoms with Crippen molar-refractivity contribution in [3.05, 3.63) is 18.5 Å². The molecule has 0 radical (unpaired) electrons. The molecule has 1 aromatic rings. The van der Waals surface area contributed by atoms with Crippen molar-refractivity contribution in [3.8, 4) is 5.75 Å². The van der Waals surface area contributed by atoms with Crippen LogP contribution in [0.5, 0.6) is 5.75 Å². The Morgan fingerprint density at radius 3 is 2.73 bits per heavy atom. The summed E-state index contributed by atoms with van der Waals surface area (Å²) in [6.45, 7) is 5.46. The molecule has 0 saturated carbocycles. The molecule has 0 aromatic carbocycles. The fourth-order valence-electron chi connectivity index (χ4n) is 1.07. The lowest BCUT2D eigenvalue weighted by Gasteiger charge is -2.04. The minimum atomic E-state index is 0.687.